The molecule has 0 aliphatic heterocycles. The third-order valence-corrected chi connectivity index (χ3v) is 4.07. The molecule has 0 spiro atoms. The van der Waals surface area contributed by atoms with E-state index in [4.69, 9.17) is 5.73 Å². The van der Waals surface area contributed by atoms with Gasteiger partial charge in [-0.3, -0.25) is 19.4 Å². The summed E-state index contributed by atoms with van der Waals surface area (Å²) in [6.07, 6.45) is 3.09. The van der Waals surface area contributed by atoms with Crippen molar-refractivity contribution in [3.63, 3.8) is 0 Å². The molecule has 8 nitrogen and oxygen atoms in total. The van der Waals surface area contributed by atoms with Crippen LogP contribution in [0.3, 0.4) is 0 Å². The molecule has 10 heteroatoms. The Morgan fingerprint density at radius 3 is 2.27 bits per heavy atom. The van der Waals surface area contributed by atoms with E-state index in [1.165, 1.54) is 6.20 Å². The molecule has 0 aliphatic rings. The summed E-state index contributed by atoms with van der Waals surface area (Å²) in [4.78, 5) is 39.6. The quantitative estimate of drug-likeness (QED) is 0.483. The minimum atomic E-state index is -0.637. The lowest BCUT2D eigenvalue weighted by atomic mass is 10.1. The highest BCUT2D eigenvalue weighted by Crippen LogP contribution is 2.11. The third-order valence-electron chi connectivity index (χ3n) is 4.07. The fourth-order valence-corrected chi connectivity index (χ4v) is 2.26. The lowest BCUT2D eigenvalue weighted by Gasteiger charge is -2.15. The Balaban J connectivity index is 0.00000420. The zero-order valence-electron chi connectivity index (χ0n) is 16.8. The molecule has 2 aromatic rings. The van der Waals surface area contributed by atoms with Crippen LogP contribution in [-0.4, -0.2) is 35.3 Å². The predicted octanol–water partition coefficient (Wildman–Crippen LogP) is 1.89. The van der Waals surface area contributed by atoms with Crippen molar-refractivity contribution < 1.29 is 14.4 Å². The Kier molecular flexibility index (Phi) is 12.3. The van der Waals surface area contributed by atoms with Gasteiger partial charge < -0.3 is 21.7 Å². The SMILES string of the molecule is CC(C)[C@H](N)C(=O)NCC(=O)NCc1ccc(NC(=O)c2cccnc2)cc1.Cl.Cl. The average Bonchev–Trinajstić information content (AvgIpc) is 2.71. The zero-order valence-corrected chi connectivity index (χ0v) is 18.4. The van der Waals surface area contributed by atoms with Gasteiger partial charge in [-0.15, -0.1) is 24.8 Å². The van der Waals surface area contributed by atoms with Crippen molar-refractivity contribution in [3.05, 3.63) is 59.9 Å². The molecule has 0 radical (unpaired) electrons. The highest BCUT2D eigenvalue weighted by molar-refractivity contribution is 6.04. The maximum Gasteiger partial charge on any atom is 0.257 e. The van der Waals surface area contributed by atoms with Crippen LogP contribution in [0, 0.1) is 5.92 Å². The fraction of sp³-hybridized carbons (Fsp3) is 0.300. The predicted molar refractivity (Wildman–Crippen MR) is 121 cm³/mol. The normalized spacial score (nSPS) is 10.8. The van der Waals surface area contributed by atoms with Crippen molar-refractivity contribution in [2.24, 2.45) is 11.7 Å². The maximum atomic E-state index is 12.1. The third kappa shape index (κ3) is 8.77. The summed E-state index contributed by atoms with van der Waals surface area (Å²) in [6.45, 7) is 3.86. The van der Waals surface area contributed by atoms with E-state index in [-0.39, 0.29) is 55.0 Å². The van der Waals surface area contributed by atoms with Crippen LogP contribution in [0.15, 0.2) is 48.8 Å². The summed E-state index contributed by atoms with van der Waals surface area (Å²) in [7, 11) is 0. The van der Waals surface area contributed by atoms with Crippen LogP contribution in [0.25, 0.3) is 0 Å². The van der Waals surface area contributed by atoms with Gasteiger partial charge in [-0.05, 0) is 35.7 Å². The molecule has 5 N–H and O–H groups in total. The van der Waals surface area contributed by atoms with Gasteiger partial charge >= 0.3 is 0 Å². The van der Waals surface area contributed by atoms with Crippen molar-refractivity contribution in [1.82, 2.24) is 15.6 Å². The molecule has 0 aliphatic carbocycles. The number of halogens is 2. The first-order valence-electron chi connectivity index (χ1n) is 8.97. The van der Waals surface area contributed by atoms with E-state index in [1.807, 2.05) is 13.8 Å². The van der Waals surface area contributed by atoms with Gasteiger partial charge in [0.2, 0.25) is 11.8 Å². The second-order valence-corrected chi connectivity index (χ2v) is 6.66. The molecule has 0 saturated carbocycles. The van der Waals surface area contributed by atoms with Gasteiger partial charge in [-0.2, -0.15) is 0 Å². The number of nitrogens with one attached hydrogen (secondary N) is 3. The lowest BCUT2D eigenvalue weighted by molar-refractivity contribution is -0.127. The standard InChI is InChI=1S/C20H25N5O3.2ClH/c1-13(2)18(21)20(28)24-12-17(26)23-10-14-5-7-16(8-6-14)25-19(27)15-4-3-9-22-11-15;;/h3-9,11,13,18H,10,12,21H2,1-2H3,(H,23,26)(H,24,28)(H,25,27);2*1H/t18-;;/m0../s1. The van der Waals surface area contributed by atoms with Crippen molar-refractivity contribution in [2.75, 3.05) is 11.9 Å². The van der Waals surface area contributed by atoms with Crippen LogP contribution < -0.4 is 21.7 Å². The second-order valence-electron chi connectivity index (χ2n) is 6.66. The first-order valence-corrected chi connectivity index (χ1v) is 8.97. The number of amides is 3. The van der Waals surface area contributed by atoms with Gasteiger partial charge in [0, 0.05) is 24.6 Å². The summed E-state index contributed by atoms with van der Waals surface area (Å²) in [5.41, 5.74) is 7.69. The molecule has 1 heterocycles. The van der Waals surface area contributed by atoms with E-state index in [0.29, 0.717) is 17.8 Å². The molecule has 0 fully saturated rings. The minimum absolute atomic E-state index is 0. The summed E-state index contributed by atoms with van der Waals surface area (Å²) in [5.74, 6) is -0.901. The number of anilines is 1. The first kappa shape index (κ1) is 27.3. The van der Waals surface area contributed by atoms with Crippen LogP contribution in [0.1, 0.15) is 29.8 Å². The molecule has 0 bridgehead atoms. The number of aromatic nitrogens is 1. The van der Waals surface area contributed by atoms with E-state index >= 15 is 0 Å². The summed E-state index contributed by atoms with van der Waals surface area (Å²) >= 11 is 0. The minimum Gasteiger partial charge on any atom is -0.350 e. The number of benzene rings is 1. The molecule has 0 unspecified atom stereocenters. The zero-order chi connectivity index (χ0) is 20.5. The Bertz CT molecular complexity index is 817. The topological polar surface area (TPSA) is 126 Å². The molecule has 3 amide bonds. The summed E-state index contributed by atoms with van der Waals surface area (Å²) in [6, 6.07) is 9.83. The highest BCUT2D eigenvalue weighted by Gasteiger charge is 2.17. The average molecular weight is 456 g/mol. The highest BCUT2D eigenvalue weighted by atomic mass is 35.5. The molecule has 1 aromatic carbocycles. The van der Waals surface area contributed by atoms with E-state index in [1.54, 1.807) is 42.6 Å². The van der Waals surface area contributed by atoms with Gasteiger partial charge in [0.25, 0.3) is 5.91 Å². The largest absolute Gasteiger partial charge is 0.350 e. The van der Waals surface area contributed by atoms with Gasteiger partial charge in [-0.25, -0.2) is 0 Å². The van der Waals surface area contributed by atoms with Crippen LogP contribution in [0.2, 0.25) is 0 Å². The van der Waals surface area contributed by atoms with Crippen molar-refractivity contribution in [2.45, 2.75) is 26.4 Å². The molecule has 30 heavy (non-hydrogen) atoms. The molecular weight excluding hydrogens is 429 g/mol. The summed E-state index contributed by atoms with van der Waals surface area (Å²) < 4.78 is 0. The number of carbonyl (C=O) groups excluding carboxylic acids is 3. The second kappa shape index (κ2) is 13.5. The van der Waals surface area contributed by atoms with Crippen molar-refractivity contribution in [3.8, 4) is 0 Å². The molecule has 164 valence electrons. The van der Waals surface area contributed by atoms with E-state index in [2.05, 4.69) is 20.9 Å². The van der Waals surface area contributed by atoms with Gasteiger partial charge in [0.1, 0.15) is 0 Å². The monoisotopic (exact) mass is 455 g/mol. The van der Waals surface area contributed by atoms with Crippen molar-refractivity contribution in [1.29, 1.82) is 0 Å². The first-order chi connectivity index (χ1) is 13.4. The molecule has 1 atom stereocenters. The van der Waals surface area contributed by atoms with E-state index in [9.17, 15) is 14.4 Å². The van der Waals surface area contributed by atoms with E-state index in [0.717, 1.165) is 5.56 Å². The number of carbonyl (C=O) groups is 3. The fourth-order valence-electron chi connectivity index (χ4n) is 2.26. The van der Waals surface area contributed by atoms with Crippen LogP contribution >= 0.6 is 24.8 Å². The summed E-state index contributed by atoms with van der Waals surface area (Å²) in [5, 5.41) is 8.01. The molecule has 0 saturated heterocycles. The van der Waals surface area contributed by atoms with Crippen LogP contribution in [0.4, 0.5) is 5.69 Å². The number of nitrogens with zero attached hydrogens (tertiary/aromatic N) is 1. The maximum absolute atomic E-state index is 12.1. The number of pyridine rings is 1. The molecule has 1 aromatic heterocycles. The van der Waals surface area contributed by atoms with Gasteiger partial charge in [-0.1, -0.05) is 26.0 Å². The van der Waals surface area contributed by atoms with Crippen molar-refractivity contribution >= 4 is 48.2 Å². The van der Waals surface area contributed by atoms with Gasteiger partial charge in [0.05, 0.1) is 18.2 Å². The number of rotatable bonds is 8. The van der Waals surface area contributed by atoms with Crippen LogP contribution in [-0.2, 0) is 16.1 Å². The molecule has 2 rings (SSSR count). The van der Waals surface area contributed by atoms with E-state index < -0.39 is 6.04 Å². The van der Waals surface area contributed by atoms with Crippen LogP contribution in [0.5, 0.6) is 0 Å². The number of nitrogens with two attached hydrogens (primary N) is 1. The number of hydrogen-bond donors (Lipinski definition) is 4. The lowest BCUT2D eigenvalue weighted by Crippen LogP contribution is -2.47. The smallest absolute Gasteiger partial charge is 0.257 e. The Labute approximate surface area is 188 Å². The Morgan fingerprint density at radius 2 is 1.70 bits per heavy atom. The Morgan fingerprint density at radius 1 is 1.03 bits per heavy atom. The number of hydrogen-bond acceptors (Lipinski definition) is 5. The Hall–Kier alpha value is -2.68. The molecular formula is C20H27Cl2N5O3. The van der Waals surface area contributed by atoms with Gasteiger partial charge in [0.15, 0.2) is 0 Å².